The first-order valence-electron chi connectivity index (χ1n) is 14.2. The number of ether oxygens (including phenoxy) is 3. The van der Waals surface area contributed by atoms with Gasteiger partial charge in [0.15, 0.2) is 5.84 Å². The number of oxime groups is 1. The van der Waals surface area contributed by atoms with E-state index in [9.17, 15) is 9.18 Å². The number of piperidine rings is 1. The predicted octanol–water partition coefficient (Wildman–Crippen LogP) is 4.25. The molecule has 10 nitrogen and oxygen atoms in total. The summed E-state index contributed by atoms with van der Waals surface area (Å²) in [7, 11) is 3.29. The Bertz CT molecular complexity index is 1570. The third kappa shape index (κ3) is 3.90. The number of carbonyl (C=O) groups excluding carboxylic acids is 1. The summed E-state index contributed by atoms with van der Waals surface area (Å²) >= 11 is 0. The molecular weight excluding hydrogens is 541 g/mol. The maximum atomic E-state index is 13.8. The molecule has 5 heterocycles. The summed E-state index contributed by atoms with van der Waals surface area (Å²) in [6, 6.07) is 9.06. The number of hydrogen-bond acceptors (Lipinski definition) is 9. The van der Waals surface area contributed by atoms with Crippen LogP contribution in [0.2, 0.25) is 0 Å². The van der Waals surface area contributed by atoms with Crippen molar-refractivity contribution < 1.29 is 28.2 Å². The first-order chi connectivity index (χ1) is 20.2. The summed E-state index contributed by atoms with van der Waals surface area (Å²) in [6.07, 6.45) is 6.44. The molecule has 0 bridgehead atoms. The van der Waals surface area contributed by atoms with Gasteiger partial charge in [-0.05, 0) is 43.2 Å². The Labute approximate surface area is 243 Å². The second kappa shape index (κ2) is 9.60. The van der Waals surface area contributed by atoms with Crippen LogP contribution >= 0.6 is 0 Å². The first kappa shape index (κ1) is 27.0. The van der Waals surface area contributed by atoms with Crippen LogP contribution < -0.4 is 4.74 Å². The monoisotopic (exact) mass is 575 g/mol. The van der Waals surface area contributed by atoms with Gasteiger partial charge in [-0.15, -0.1) is 0 Å². The summed E-state index contributed by atoms with van der Waals surface area (Å²) in [5, 5.41) is 4.74. The molecule has 5 atom stereocenters. The van der Waals surface area contributed by atoms with Crippen LogP contribution in [0.4, 0.5) is 4.39 Å². The van der Waals surface area contributed by atoms with Gasteiger partial charge in [0.25, 0.3) is 5.72 Å². The molecule has 2 saturated heterocycles. The lowest BCUT2D eigenvalue weighted by molar-refractivity contribution is -0.217. The summed E-state index contributed by atoms with van der Waals surface area (Å²) in [4.78, 5) is 30.4. The van der Waals surface area contributed by atoms with Crippen molar-refractivity contribution in [3.63, 3.8) is 0 Å². The molecule has 11 heteroatoms. The average Bonchev–Trinajstić information content (AvgIpc) is 3.56. The Morgan fingerprint density at radius 2 is 1.98 bits per heavy atom. The zero-order valence-electron chi connectivity index (χ0n) is 24.2. The van der Waals surface area contributed by atoms with Crippen molar-refractivity contribution >= 4 is 11.6 Å². The van der Waals surface area contributed by atoms with Gasteiger partial charge in [0.05, 0.1) is 61.3 Å². The van der Waals surface area contributed by atoms with E-state index in [1.807, 2.05) is 36.7 Å². The number of rotatable bonds is 5. The molecule has 0 radical (unpaired) electrons. The van der Waals surface area contributed by atoms with Crippen LogP contribution in [0.1, 0.15) is 55.5 Å². The predicted molar refractivity (Wildman–Crippen MR) is 150 cm³/mol. The van der Waals surface area contributed by atoms with Gasteiger partial charge in [-0.2, -0.15) is 0 Å². The molecule has 4 aliphatic rings. The third-order valence-corrected chi connectivity index (χ3v) is 9.65. The fourth-order valence-corrected chi connectivity index (χ4v) is 7.47. The fraction of sp³-hybridized carbons (Fsp3) is 0.484. The van der Waals surface area contributed by atoms with Crippen molar-refractivity contribution in [1.82, 2.24) is 19.4 Å². The molecular formula is C31H34FN5O5. The number of amidine groups is 1. The van der Waals surface area contributed by atoms with E-state index in [4.69, 9.17) is 24.2 Å². The Hall–Kier alpha value is -3.83. The second-order valence-electron chi connectivity index (χ2n) is 12.0. The number of methoxy groups -OCH3 is 2. The van der Waals surface area contributed by atoms with Gasteiger partial charge in [0, 0.05) is 45.4 Å². The molecule has 7 rings (SSSR count). The van der Waals surface area contributed by atoms with Gasteiger partial charge in [-0.1, -0.05) is 11.2 Å². The van der Waals surface area contributed by atoms with E-state index in [1.54, 1.807) is 26.6 Å². The maximum Gasteiger partial charge on any atom is 0.251 e. The summed E-state index contributed by atoms with van der Waals surface area (Å²) < 4.78 is 34.2. The van der Waals surface area contributed by atoms with Crippen LogP contribution in [0.25, 0.3) is 5.69 Å². The molecule has 5 unspecified atom stereocenters. The maximum absolute atomic E-state index is 13.8. The van der Waals surface area contributed by atoms with Crippen LogP contribution in [0.5, 0.6) is 5.75 Å². The average molecular weight is 576 g/mol. The molecule has 0 amide bonds. The SMILES string of the molecule is COc1cc(C2CC(=O)CC(OC)C23CC2(CCO2)CN2C3=NOC2(C)c2ccc(F)cn2)ccc1-n1cnc(C)c1. The molecule has 3 fully saturated rings. The number of nitrogens with zero attached hydrogens (tertiary/aromatic N) is 5. The number of benzene rings is 1. The van der Waals surface area contributed by atoms with Crippen LogP contribution in [0.3, 0.4) is 0 Å². The highest BCUT2D eigenvalue weighted by Crippen LogP contribution is 2.61. The highest BCUT2D eigenvalue weighted by Gasteiger charge is 2.68. The lowest BCUT2D eigenvalue weighted by atomic mass is 9.54. The highest BCUT2D eigenvalue weighted by molar-refractivity contribution is 5.95. The van der Waals surface area contributed by atoms with Crippen molar-refractivity contribution in [2.24, 2.45) is 10.6 Å². The number of imidazole rings is 1. The number of pyridine rings is 1. The van der Waals surface area contributed by atoms with Crippen LogP contribution in [-0.2, 0) is 24.8 Å². The van der Waals surface area contributed by atoms with E-state index in [1.165, 1.54) is 12.3 Å². The lowest BCUT2D eigenvalue weighted by Gasteiger charge is -2.61. The van der Waals surface area contributed by atoms with E-state index in [2.05, 4.69) is 20.9 Å². The van der Waals surface area contributed by atoms with Crippen LogP contribution in [0.15, 0.2) is 54.2 Å². The Balaban J connectivity index is 1.38. The minimum absolute atomic E-state index is 0.119. The summed E-state index contributed by atoms with van der Waals surface area (Å²) in [6.45, 7) is 5.01. The summed E-state index contributed by atoms with van der Waals surface area (Å²) in [5.41, 5.74) is 0.893. The molecule has 1 aliphatic carbocycles. The number of halogens is 1. The molecule has 2 spiro atoms. The topological polar surface area (TPSA) is 100 Å². The van der Waals surface area contributed by atoms with E-state index in [-0.39, 0.29) is 18.1 Å². The molecule has 0 N–H and O–H groups in total. The molecule has 3 aliphatic heterocycles. The largest absolute Gasteiger partial charge is 0.495 e. The molecule has 1 saturated carbocycles. The van der Waals surface area contributed by atoms with Crippen molar-refractivity contribution in [1.29, 1.82) is 0 Å². The number of fused-ring (bicyclic) bond motifs is 2. The Morgan fingerprint density at radius 3 is 2.62 bits per heavy atom. The van der Waals surface area contributed by atoms with E-state index in [0.29, 0.717) is 43.3 Å². The smallest absolute Gasteiger partial charge is 0.251 e. The van der Waals surface area contributed by atoms with Crippen LogP contribution in [0, 0.1) is 18.2 Å². The number of aryl methyl sites for hydroxylation is 1. The number of ketones is 1. The number of carbonyl (C=O) groups is 1. The van der Waals surface area contributed by atoms with E-state index >= 15 is 0 Å². The normalized spacial score (nSPS) is 32.0. The zero-order chi connectivity index (χ0) is 29.3. The van der Waals surface area contributed by atoms with Gasteiger partial charge >= 0.3 is 0 Å². The minimum Gasteiger partial charge on any atom is -0.495 e. The van der Waals surface area contributed by atoms with Crippen molar-refractivity contribution in [2.45, 2.75) is 62.9 Å². The molecule has 3 aromatic rings. The van der Waals surface area contributed by atoms with E-state index in [0.717, 1.165) is 23.4 Å². The van der Waals surface area contributed by atoms with Crippen molar-refractivity contribution in [3.05, 3.63) is 71.8 Å². The van der Waals surface area contributed by atoms with Crippen LogP contribution in [-0.4, -0.2) is 70.1 Å². The Kier molecular flexibility index (Phi) is 6.18. The summed E-state index contributed by atoms with van der Waals surface area (Å²) in [5.74, 6) is 0.762. The van der Waals surface area contributed by atoms with Gasteiger partial charge in [-0.25, -0.2) is 9.37 Å². The third-order valence-electron chi connectivity index (χ3n) is 9.65. The standard InChI is InChI=1S/C31H34FN5O5/c1-19-15-36(18-34-19)24-7-5-20(11-25(24)39-3)23-12-22(38)13-27(40-4)31(23)16-30(9-10-41-30)17-37-28(31)35-42-29(37,2)26-8-6-21(32)14-33-26/h5-8,11,14-15,18,23,27H,9-10,12-13,16-17H2,1-4H3. The highest BCUT2D eigenvalue weighted by atomic mass is 19.1. The molecule has 2 aromatic heterocycles. The number of aromatic nitrogens is 3. The quantitative estimate of drug-likeness (QED) is 0.445. The van der Waals surface area contributed by atoms with Gasteiger partial charge in [0.2, 0.25) is 0 Å². The van der Waals surface area contributed by atoms with Gasteiger partial charge in [-0.3, -0.25) is 9.78 Å². The first-order valence-corrected chi connectivity index (χ1v) is 14.2. The number of Topliss-reactive ketones (excluding diaryl/α,β-unsaturated/α-hetero) is 1. The van der Waals surface area contributed by atoms with E-state index < -0.39 is 28.7 Å². The molecule has 42 heavy (non-hydrogen) atoms. The molecule has 220 valence electrons. The second-order valence-corrected chi connectivity index (χ2v) is 12.0. The number of hydrogen-bond donors (Lipinski definition) is 0. The van der Waals surface area contributed by atoms with Crippen molar-refractivity contribution in [2.75, 3.05) is 27.4 Å². The lowest BCUT2D eigenvalue weighted by Crippen LogP contribution is -2.71. The van der Waals surface area contributed by atoms with Crippen molar-refractivity contribution in [3.8, 4) is 11.4 Å². The Morgan fingerprint density at radius 1 is 1.14 bits per heavy atom. The fourth-order valence-electron chi connectivity index (χ4n) is 7.47. The van der Waals surface area contributed by atoms with Gasteiger partial charge < -0.3 is 28.5 Å². The zero-order valence-corrected chi connectivity index (χ0v) is 24.2. The molecule has 1 aromatic carbocycles. The van der Waals surface area contributed by atoms with Gasteiger partial charge in [0.1, 0.15) is 23.0 Å². The minimum atomic E-state index is -1.09.